The molecule has 0 saturated heterocycles. The van der Waals surface area contributed by atoms with Crippen molar-refractivity contribution in [3.8, 4) is 11.8 Å². The summed E-state index contributed by atoms with van der Waals surface area (Å²) in [6.45, 7) is 4.29. The fourth-order valence-corrected chi connectivity index (χ4v) is 3.50. The molecule has 3 heterocycles. The molecule has 4 rings (SSSR count). The van der Waals surface area contributed by atoms with Gasteiger partial charge in [0.2, 0.25) is 5.88 Å². The van der Waals surface area contributed by atoms with E-state index in [1.54, 1.807) is 22.8 Å². The van der Waals surface area contributed by atoms with E-state index in [1.165, 1.54) is 6.26 Å². The molecule has 0 saturated carbocycles. The van der Waals surface area contributed by atoms with Crippen molar-refractivity contribution >= 4 is 0 Å². The molecule has 140 valence electrons. The van der Waals surface area contributed by atoms with E-state index >= 15 is 0 Å². The Morgan fingerprint density at radius 2 is 1.96 bits per heavy atom. The first-order chi connectivity index (χ1) is 13.5. The number of benzene rings is 1. The Morgan fingerprint density at radius 1 is 1.21 bits per heavy atom. The van der Waals surface area contributed by atoms with E-state index in [2.05, 4.69) is 6.07 Å². The third-order valence-electron chi connectivity index (χ3n) is 4.98. The number of hydrogen-bond donors (Lipinski definition) is 1. The van der Waals surface area contributed by atoms with Crippen LogP contribution in [0.4, 0.5) is 0 Å². The molecule has 2 aromatic heterocycles. The lowest BCUT2D eigenvalue weighted by Gasteiger charge is -2.26. The molecule has 1 atom stereocenters. The van der Waals surface area contributed by atoms with Crippen molar-refractivity contribution in [2.45, 2.75) is 26.3 Å². The second-order valence-electron chi connectivity index (χ2n) is 6.88. The lowest BCUT2D eigenvalue weighted by atomic mass is 9.88. The zero-order valence-corrected chi connectivity index (χ0v) is 15.6. The topological polar surface area (TPSA) is 94.2 Å². The van der Waals surface area contributed by atoms with Gasteiger partial charge in [-0.1, -0.05) is 29.8 Å². The van der Waals surface area contributed by atoms with Crippen LogP contribution in [0.25, 0.3) is 0 Å². The predicted octanol–water partition coefficient (Wildman–Crippen LogP) is 3.32. The number of hydrogen-bond acceptors (Lipinski definition) is 5. The molecular weight excluding hydrogens is 354 g/mol. The Kier molecular flexibility index (Phi) is 4.28. The van der Waals surface area contributed by atoms with Crippen LogP contribution in [0.3, 0.4) is 0 Å². The standard InChI is InChI=1S/C22H19N3O3/c1-13-5-7-15(8-6-13)12-25-14(2)10-18-20(22(25)26)19(17-4-3-9-27-17)16(11-23)21(24)28-18/h3-10,19H,12,24H2,1-2H3. The summed E-state index contributed by atoms with van der Waals surface area (Å²) in [4.78, 5) is 13.4. The first-order valence-corrected chi connectivity index (χ1v) is 8.90. The Balaban J connectivity index is 1.89. The van der Waals surface area contributed by atoms with E-state index in [0.29, 0.717) is 23.6 Å². The number of fused-ring (bicyclic) bond motifs is 1. The van der Waals surface area contributed by atoms with E-state index < -0.39 is 5.92 Å². The van der Waals surface area contributed by atoms with Gasteiger partial charge in [-0.3, -0.25) is 4.79 Å². The van der Waals surface area contributed by atoms with Crippen LogP contribution in [0.1, 0.15) is 34.1 Å². The van der Waals surface area contributed by atoms with Crippen LogP contribution in [-0.2, 0) is 6.54 Å². The highest BCUT2D eigenvalue weighted by atomic mass is 16.5. The summed E-state index contributed by atoms with van der Waals surface area (Å²) in [5.74, 6) is 0.139. The van der Waals surface area contributed by atoms with E-state index in [1.807, 2.05) is 38.1 Å². The summed E-state index contributed by atoms with van der Waals surface area (Å²) in [5, 5.41) is 9.61. The summed E-state index contributed by atoms with van der Waals surface area (Å²) >= 11 is 0. The van der Waals surface area contributed by atoms with Gasteiger partial charge in [0.1, 0.15) is 23.2 Å². The molecule has 1 aliphatic heterocycles. The number of furan rings is 1. The third kappa shape index (κ3) is 2.87. The van der Waals surface area contributed by atoms with Gasteiger partial charge in [0.25, 0.3) is 5.56 Å². The molecule has 3 aromatic rings. The lowest BCUT2D eigenvalue weighted by Crippen LogP contribution is -2.32. The molecule has 1 aliphatic rings. The normalized spacial score (nSPS) is 15.7. The molecule has 28 heavy (non-hydrogen) atoms. The average Bonchev–Trinajstić information content (AvgIpc) is 3.20. The van der Waals surface area contributed by atoms with Crippen molar-refractivity contribution in [3.05, 3.63) is 98.7 Å². The molecule has 0 aliphatic carbocycles. The Bertz CT molecular complexity index is 1160. The number of pyridine rings is 1. The summed E-state index contributed by atoms with van der Waals surface area (Å²) in [6, 6.07) is 15.3. The Labute approximate surface area is 162 Å². The second kappa shape index (κ2) is 6.78. The maximum atomic E-state index is 13.4. The zero-order valence-electron chi connectivity index (χ0n) is 15.6. The van der Waals surface area contributed by atoms with Gasteiger partial charge in [-0.15, -0.1) is 0 Å². The smallest absolute Gasteiger partial charge is 0.259 e. The maximum absolute atomic E-state index is 13.4. The number of aryl methyl sites for hydroxylation is 2. The van der Waals surface area contributed by atoms with Crippen LogP contribution in [0.5, 0.6) is 5.75 Å². The number of allylic oxidation sites excluding steroid dienone is 1. The van der Waals surface area contributed by atoms with E-state index in [-0.39, 0.29) is 17.0 Å². The number of aromatic nitrogens is 1. The van der Waals surface area contributed by atoms with Crippen LogP contribution in [0.15, 0.2) is 69.4 Å². The minimum absolute atomic E-state index is 0.00788. The first-order valence-electron chi connectivity index (χ1n) is 8.90. The highest BCUT2D eigenvalue weighted by Crippen LogP contribution is 2.40. The van der Waals surface area contributed by atoms with Crippen molar-refractivity contribution in [1.29, 1.82) is 5.26 Å². The molecule has 6 heteroatoms. The molecule has 0 spiro atoms. The van der Waals surface area contributed by atoms with Gasteiger partial charge in [0, 0.05) is 11.8 Å². The number of nitrogens with two attached hydrogens (primary N) is 1. The summed E-state index contributed by atoms with van der Waals surface area (Å²) in [5.41, 5.74) is 9.18. The van der Waals surface area contributed by atoms with Crippen LogP contribution >= 0.6 is 0 Å². The summed E-state index contributed by atoms with van der Waals surface area (Å²) in [7, 11) is 0. The highest BCUT2D eigenvalue weighted by Gasteiger charge is 2.36. The Morgan fingerprint density at radius 3 is 2.61 bits per heavy atom. The van der Waals surface area contributed by atoms with Crippen molar-refractivity contribution in [1.82, 2.24) is 4.57 Å². The molecule has 0 fully saturated rings. The summed E-state index contributed by atoms with van der Waals surface area (Å²) in [6.07, 6.45) is 1.51. The molecule has 0 radical (unpaired) electrons. The molecule has 0 bridgehead atoms. The number of ether oxygens (including phenoxy) is 1. The lowest BCUT2D eigenvalue weighted by molar-refractivity contribution is 0.379. The number of nitriles is 1. The van der Waals surface area contributed by atoms with E-state index in [4.69, 9.17) is 14.9 Å². The molecular formula is C22H19N3O3. The molecule has 6 nitrogen and oxygen atoms in total. The van der Waals surface area contributed by atoms with Gasteiger partial charge in [0.05, 0.1) is 24.3 Å². The van der Waals surface area contributed by atoms with Crippen molar-refractivity contribution in [2.24, 2.45) is 5.73 Å². The predicted molar refractivity (Wildman–Crippen MR) is 104 cm³/mol. The minimum Gasteiger partial charge on any atom is -0.468 e. The van der Waals surface area contributed by atoms with Crippen molar-refractivity contribution < 1.29 is 9.15 Å². The Hall–Kier alpha value is -3.72. The largest absolute Gasteiger partial charge is 0.468 e. The maximum Gasteiger partial charge on any atom is 0.259 e. The van der Waals surface area contributed by atoms with Crippen molar-refractivity contribution in [3.63, 3.8) is 0 Å². The van der Waals surface area contributed by atoms with Crippen molar-refractivity contribution in [2.75, 3.05) is 0 Å². The zero-order chi connectivity index (χ0) is 19.8. The fraction of sp³-hybridized carbons (Fsp3) is 0.182. The first kappa shape index (κ1) is 17.7. The number of nitrogens with zero attached hydrogens (tertiary/aromatic N) is 2. The van der Waals surface area contributed by atoms with Crippen LogP contribution in [-0.4, -0.2) is 4.57 Å². The van der Waals surface area contributed by atoms with Gasteiger partial charge in [-0.2, -0.15) is 5.26 Å². The van der Waals surface area contributed by atoms with E-state index in [0.717, 1.165) is 16.8 Å². The number of rotatable bonds is 3. The third-order valence-corrected chi connectivity index (χ3v) is 4.98. The van der Waals surface area contributed by atoms with Gasteiger partial charge in [-0.05, 0) is 31.5 Å². The monoisotopic (exact) mass is 373 g/mol. The molecule has 2 N–H and O–H groups in total. The van der Waals surface area contributed by atoms with Crippen LogP contribution in [0, 0.1) is 25.2 Å². The van der Waals surface area contributed by atoms with Gasteiger partial charge < -0.3 is 19.5 Å². The van der Waals surface area contributed by atoms with Gasteiger partial charge in [-0.25, -0.2) is 0 Å². The van der Waals surface area contributed by atoms with Gasteiger partial charge >= 0.3 is 0 Å². The summed E-state index contributed by atoms with van der Waals surface area (Å²) < 4.78 is 12.8. The fourth-order valence-electron chi connectivity index (χ4n) is 3.50. The molecule has 1 aromatic carbocycles. The van der Waals surface area contributed by atoms with E-state index in [9.17, 15) is 10.1 Å². The van der Waals surface area contributed by atoms with Gasteiger partial charge in [0.15, 0.2) is 0 Å². The molecule has 1 unspecified atom stereocenters. The second-order valence-corrected chi connectivity index (χ2v) is 6.88. The minimum atomic E-state index is -0.693. The van der Waals surface area contributed by atoms with Crippen LogP contribution < -0.4 is 16.0 Å². The average molecular weight is 373 g/mol. The van der Waals surface area contributed by atoms with Crippen LogP contribution in [0.2, 0.25) is 0 Å². The highest BCUT2D eigenvalue weighted by molar-refractivity contribution is 5.53. The molecule has 0 amide bonds. The quantitative estimate of drug-likeness (QED) is 0.760. The SMILES string of the molecule is Cc1ccc(Cn2c(C)cc3c(c2=O)C(c2ccco2)C(C#N)=C(N)O3)cc1.